The number of nitrogens with zero attached hydrogens (tertiary/aromatic N) is 4. The van der Waals surface area contributed by atoms with Crippen molar-refractivity contribution in [1.82, 2.24) is 5.01 Å². The highest BCUT2D eigenvalue weighted by atomic mass is 32.2. The van der Waals surface area contributed by atoms with Gasteiger partial charge in [0, 0.05) is 26.2 Å². The number of carbonyl (C=O) groups excluding carboxylic acids is 1. The predicted octanol–water partition coefficient (Wildman–Crippen LogP) is 7.37. The lowest BCUT2D eigenvalue weighted by atomic mass is 9.97. The smallest absolute Gasteiger partial charge is 0.311 e. The summed E-state index contributed by atoms with van der Waals surface area (Å²) in [5.74, 6) is 1.38. The number of carbonyl (C=O) groups is 1. The lowest BCUT2D eigenvalue weighted by molar-refractivity contribution is 0.267. The predicted molar refractivity (Wildman–Crippen MR) is 162 cm³/mol. The fourth-order valence-corrected chi connectivity index (χ4v) is 5.66. The molecule has 6 nitrogen and oxygen atoms in total. The Labute approximate surface area is 232 Å². The molecule has 0 saturated heterocycles. The molecule has 4 aromatic carbocycles. The molecule has 0 unspecified atom stereocenters. The van der Waals surface area contributed by atoms with Gasteiger partial charge in [-0.05, 0) is 75.6 Å². The molecule has 0 bridgehead atoms. The molecule has 0 N–H and O–H groups in total. The van der Waals surface area contributed by atoms with Gasteiger partial charge in [-0.15, -0.1) is 0 Å². The Kier molecular flexibility index (Phi) is 6.67. The second-order valence-electron chi connectivity index (χ2n) is 9.74. The molecule has 0 radical (unpaired) electrons. The van der Waals surface area contributed by atoms with Gasteiger partial charge in [-0.2, -0.15) is 10.1 Å². The molecule has 2 aliphatic rings. The average molecular weight is 533 g/mol. The Morgan fingerprint density at radius 2 is 1.69 bits per heavy atom. The van der Waals surface area contributed by atoms with Crippen molar-refractivity contribution >= 4 is 51.1 Å². The normalized spacial score (nSPS) is 18.0. The number of benzene rings is 4. The first kappa shape index (κ1) is 24.9. The van der Waals surface area contributed by atoms with Crippen LogP contribution < -0.4 is 9.64 Å². The highest BCUT2D eigenvalue weighted by molar-refractivity contribution is 8.18. The Morgan fingerprint density at radius 3 is 2.41 bits per heavy atom. The van der Waals surface area contributed by atoms with Crippen LogP contribution in [0.4, 0.5) is 10.5 Å². The number of aliphatic imine (C=N–C) groups is 1. The van der Waals surface area contributed by atoms with Crippen LogP contribution in [0.5, 0.6) is 5.75 Å². The van der Waals surface area contributed by atoms with Crippen molar-refractivity contribution in [2.45, 2.75) is 12.5 Å². The van der Waals surface area contributed by atoms with Gasteiger partial charge in [-0.25, -0.2) is 5.01 Å². The van der Waals surface area contributed by atoms with Gasteiger partial charge in [0.05, 0.1) is 23.8 Å². The number of fused-ring (bicyclic) bond motifs is 1. The van der Waals surface area contributed by atoms with Crippen LogP contribution in [0.3, 0.4) is 0 Å². The SMILES string of the molecule is COc1ccc([C@@H]2CC(c3ccc4ccccc4c3)=NN2C2=NC(=O)S/C2=C\c2ccc(N(C)C)cc2)cc1. The largest absolute Gasteiger partial charge is 0.497 e. The molecule has 0 aromatic heterocycles. The number of methoxy groups -OCH3 is 1. The van der Waals surface area contributed by atoms with Crippen molar-refractivity contribution in [2.75, 3.05) is 26.1 Å². The van der Waals surface area contributed by atoms with E-state index in [9.17, 15) is 4.79 Å². The summed E-state index contributed by atoms with van der Waals surface area (Å²) in [5, 5.41) is 9.13. The average Bonchev–Trinajstić information content (AvgIpc) is 3.56. The highest BCUT2D eigenvalue weighted by Gasteiger charge is 2.37. The standard InChI is InChI=1S/C32H28N4O2S/c1-35(2)26-14-8-21(9-15-26)18-30-31(33-32(37)39-30)36-29(23-12-16-27(38-3)17-13-23)20-28(34-36)25-11-10-22-6-4-5-7-24(22)19-25/h4-19,29H,20H2,1-3H3/b30-18-/t29-/m0/s1. The third kappa shape index (κ3) is 5.05. The molecule has 2 aliphatic heterocycles. The van der Waals surface area contributed by atoms with Crippen LogP contribution in [0.15, 0.2) is 106 Å². The van der Waals surface area contributed by atoms with E-state index in [2.05, 4.69) is 76.6 Å². The molecule has 4 aromatic rings. The number of hydrogen-bond donors (Lipinski definition) is 0. The Morgan fingerprint density at radius 1 is 0.949 bits per heavy atom. The summed E-state index contributed by atoms with van der Waals surface area (Å²) in [4.78, 5) is 19.9. The van der Waals surface area contributed by atoms with Crippen molar-refractivity contribution in [1.29, 1.82) is 0 Å². The first-order valence-corrected chi connectivity index (χ1v) is 13.6. The van der Waals surface area contributed by atoms with Gasteiger partial charge < -0.3 is 9.64 Å². The molecule has 39 heavy (non-hydrogen) atoms. The van der Waals surface area contributed by atoms with Crippen molar-refractivity contribution in [3.05, 3.63) is 113 Å². The minimum Gasteiger partial charge on any atom is -0.497 e. The topological polar surface area (TPSA) is 57.5 Å². The van der Waals surface area contributed by atoms with E-state index >= 15 is 0 Å². The monoisotopic (exact) mass is 532 g/mol. The van der Waals surface area contributed by atoms with E-state index in [1.54, 1.807) is 7.11 Å². The van der Waals surface area contributed by atoms with Crippen LogP contribution >= 0.6 is 11.8 Å². The van der Waals surface area contributed by atoms with Crippen molar-refractivity contribution in [3.63, 3.8) is 0 Å². The molecule has 7 heteroatoms. The Bertz CT molecular complexity index is 1640. The number of amides is 1. The molecule has 6 rings (SSSR count). The third-order valence-corrected chi connectivity index (χ3v) is 7.82. The molecular weight excluding hydrogens is 504 g/mol. The van der Waals surface area contributed by atoms with Gasteiger partial charge in [-0.3, -0.25) is 4.79 Å². The summed E-state index contributed by atoms with van der Waals surface area (Å²) < 4.78 is 5.38. The lowest BCUT2D eigenvalue weighted by Gasteiger charge is -2.24. The van der Waals surface area contributed by atoms with E-state index in [1.807, 2.05) is 49.4 Å². The maximum Gasteiger partial charge on any atom is 0.311 e. The number of anilines is 1. The molecule has 0 aliphatic carbocycles. The van der Waals surface area contributed by atoms with Crippen LogP contribution in [0.1, 0.15) is 29.2 Å². The molecule has 1 amide bonds. The highest BCUT2D eigenvalue weighted by Crippen LogP contribution is 2.40. The lowest BCUT2D eigenvalue weighted by Crippen LogP contribution is -2.26. The van der Waals surface area contributed by atoms with E-state index in [0.717, 1.165) is 50.5 Å². The molecule has 0 spiro atoms. The first-order chi connectivity index (χ1) is 19.0. The van der Waals surface area contributed by atoms with Crippen LogP contribution in [0, 0.1) is 0 Å². The number of rotatable bonds is 5. The third-order valence-electron chi connectivity index (χ3n) is 7.03. The zero-order valence-corrected chi connectivity index (χ0v) is 22.9. The zero-order chi connectivity index (χ0) is 26.9. The van der Waals surface area contributed by atoms with Crippen LogP contribution in [0.25, 0.3) is 16.8 Å². The van der Waals surface area contributed by atoms with Gasteiger partial charge in [0.2, 0.25) is 0 Å². The van der Waals surface area contributed by atoms with E-state index in [0.29, 0.717) is 12.3 Å². The van der Waals surface area contributed by atoms with E-state index in [-0.39, 0.29) is 11.3 Å². The van der Waals surface area contributed by atoms with Crippen LogP contribution in [-0.2, 0) is 0 Å². The fourth-order valence-electron chi connectivity index (χ4n) is 4.92. The van der Waals surface area contributed by atoms with E-state index < -0.39 is 0 Å². The number of ether oxygens (including phenoxy) is 1. The quantitative estimate of drug-likeness (QED) is 0.269. The fraction of sp³-hybridized carbons (Fsp3) is 0.156. The van der Waals surface area contributed by atoms with E-state index in [1.165, 1.54) is 10.8 Å². The van der Waals surface area contributed by atoms with Gasteiger partial charge in [0.25, 0.3) is 0 Å². The molecule has 194 valence electrons. The minimum absolute atomic E-state index is 0.109. The Hall–Kier alpha value is -4.36. The molecule has 2 heterocycles. The first-order valence-electron chi connectivity index (χ1n) is 12.8. The molecular formula is C32H28N4O2S. The van der Waals surface area contributed by atoms with Crippen LogP contribution in [0.2, 0.25) is 0 Å². The Balaban J connectivity index is 1.40. The molecule has 1 atom stereocenters. The second kappa shape index (κ2) is 10.4. The summed E-state index contributed by atoms with van der Waals surface area (Å²) in [6.45, 7) is 0. The van der Waals surface area contributed by atoms with Crippen molar-refractivity contribution in [3.8, 4) is 5.75 Å². The summed E-state index contributed by atoms with van der Waals surface area (Å²) in [6.07, 6.45) is 2.70. The van der Waals surface area contributed by atoms with E-state index in [4.69, 9.17) is 9.84 Å². The second-order valence-corrected chi connectivity index (χ2v) is 10.7. The number of thioether (sulfide) groups is 1. The number of hydrogen-bond acceptors (Lipinski definition) is 6. The number of hydrazone groups is 1. The van der Waals surface area contributed by atoms with Gasteiger partial charge in [0.15, 0.2) is 5.84 Å². The maximum absolute atomic E-state index is 12.6. The summed E-state index contributed by atoms with van der Waals surface area (Å²) in [7, 11) is 5.69. The minimum atomic E-state index is -0.232. The molecule has 0 saturated carbocycles. The summed E-state index contributed by atoms with van der Waals surface area (Å²) in [6, 6.07) is 30.9. The molecule has 0 fully saturated rings. The zero-order valence-electron chi connectivity index (χ0n) is 22.0. The van der Waals surface area contributed by atoms with Gasteiger partial charge >= 0.3 is 5.24 Å². The van der Waals surface area contributed by atoms with Crippen molar-refractivity contribution < 1.29 is 9.53 Å². The maximum atomic E-state index is 12.6. The van der Waals surface area contributed by atoms with Gasteiger partial charge in [-0.1, -0.05) is 60.7 Å². The van der Waals surface area contributed by atoms with Crippen molar-refractivity contribution in [2.24, 2.45) is 10.1 Å². The summed E-state index contributed by atoms with van der Waals surface area (Å²) in [5.41, 5.74) is 5.23. The van der Waals surface area contributed by atoms with Crippen LogP contribution in [-0.4, -0.2) is 43.0 Å². The van der Waals surface area contributed by atoms with Gasteiger partial charge in [0.1, 0.15) is 5.75 Å². The number of amidine groups is 1. The summed E-state index contributed by atoms with van der Waals surface area (Å²) >= 11 is 1.15.